The molecule has 25 heavy (non-hydrogen) atoms. The number of carbonyl (C=O) groups excluding carboxylic acids is 1. The van der Waals surface area contributed by atoms with Crippen molar-refractivity contribution in [3.8, 4) is 6.07 Å². The number of fused-ring (bicyclic) bond motifs is 2. The third-order valence-electron chi connectivity index (χ3n) is 4.67. The third kappa shape index (κ3) is 5.27. The molecule has 2 bridgehead atoms. The predicted molar refractivity (Wildman–Crippen MR) is 96.5 cm³/mol. The highest BCUT2D eigenvalue weighted by Gasteiger charge is 2.34. The molecular formula is C19H26N4O2. The smallest absolute Gasteiger partial charge is 0.143 e. The maximum absolute atomic E-state index is 11.3. The van der Waals surface area contributed by atoms with Crippen LogP contribution in [-0.4, -0.2) is 73.6 Å². The lowest BCUT2D eigenvalue weighted by Gasteiger charge is -2.45. The Morgan fingerprint density at radius 1 is 1.20 bits per heavy atom. The van der Waals surface area contributed by atoms with Crippen molar-refractivity contribution in [3.05, 3.63) is 29.8 Å². The predicted octanol–water partition coefficient (Wildman–Crippen LogP) is 1.33. The van der Waals surface area contributed by atoms with Crippen molar-refractivity contribution in [3.63, 3.8) is 0 Å². The van der Waals surface area contributed by atoms with E-state index in [4.69, 9.17) is 10.00 Å². The molecule has 1 aromatic rings. The number of benzene rings is 1. The van der Waals surface area contributed by atoms with Crippen LogP contribution in [0.15, 0.2) is 24.3 Å². The first-order valence-corrected chi connectivity index (χ1v) is 8.96. The summed E-state index contributed by atoms with van der Waals surface area (Å²) in [6, 6.07) is 9.68. The van der Waals surface area contributed by atoms with Gasteiger partial charge in [0.15, 0.2) is 0 Å². The number of nitrogens with zero attached hydrogens (tertiary/aromatic N) is 3. The molecule has 2 aliphatic heterocycles. The zero-order valence-electron chi connectivity index (χ0n) is 14.8. The Kier molecular flexibility index (Phi) is 6.03. The van der Waals surface area contributed by atoms with E-state index in [9.17, 15) is 4.79 Å². The number of nitriles is 1. The van der Waals surface area contributed by atoms with Crippen LogP contribution in [0.1, 0.15) is 18.9 Å². The van der Waals surface area contributed by atoms with Crippen molar-refractivity contribution < 1.29 is 9.53 Å². The van der Waals surface area contributed by atoms with E-state index in [-0.39, 0.29) is 18.0 Å². The number of ketones is 1. The maximum atomic E-state index is 11.3. The molecule has 1 N–H and O–H groups in total. The maximum Gasteiger partial charge on any atom is 0.143 e. The second-order valence-electron chi connectivity index (χ2n) is 7.01. The highest BCUT2D eigenvalue weighted by atomic mass is 16.5. The van der Waals surface area contributed by atoms with E-state index < -0.39 is 0 Å². The zero-order chi connectivity index (χ0) is 17.6. The Morgan fingerprint density at radius 3 is 2.44 bits per heavy atom. The summed E-state index contributed by atoms with van der Waals surface area (Å²) in [6.07, 6.45) is 1.51. The summed E-state index contributed by atoms with van der Waals surface area (Å²) >= 11 is 0. The van der Waals surface area contributed by atoms with E-state index in [1.165, 1.54) is 0 Å². The van der Waals surface area contributed by atoms with Crippen LogP contribution in [0.3, 0.4) is 0 Å². The van der Waals surface area contributed by atoms with E-state index >= 15 is 0 Å². The van der Waals surface area contributed by atoms with Crippen molar-refractivity contribution in [2.45, 2.75) is 25.6 Å². The lowest BCUT2D eigenvalue weighted by atomic mass is 10.1. The number of Topliss-reactive ketones (excluding diaryl/α,β-unsaturated/α-hetero) is 1. The summed E-state index contributed by atoms with van der Waals surface area (Å²) in [7, 11) is 0. The highest BCUT2D eigenvalue weighted by molar-refractivity contribution is 5.77. The van der Waals surface area contributed by atoms with Crippen molar-refractivity contribution in [2.75, 3.05) is 51.1 Å². The number of ether oxygens (including phenoxy) is 1. The van der Waals surface area contributed by atoms with Crippen LogP contribution in [0, 0.1) is 11.3 Å². The minimum Gasteiger partial charge on any atom is -0.385 e. The molecule has 0 spiro atoms. The zero-order valence-corrected chi connectivity index (χ0v) is 14.8. The van der Waals surface area contributed by atoms with Gasteiger partial charge >= 0.3 is 0 Å². The van der Waals surface area contributed by atoms with E-state index in [1.54, 1.807) is 6.92 Å². The molecule has 0 radical (unpaired) electrons. The van der Waals surface area contributed by atoms with Crippen LogP contribution in [0.4, 0.5) is 5.69 Å². The Labute approximate surface area is 149 Å². The number of carbonyl (C=O) groups is 1. The molecule has 0 saturated carbocycles. The van der Waals surface area contributed by atoms with Crippen LogP contribution < -0.4 is 5.32 Å². The van der Waals surface area contributed by atoms with Crippen molar-refractivity contribution in [1.29, 1.82) is 5.26 Å². The Balaban J connectivity index is 1.37. The Hall–Kier alpha value is -1.94. The van der Waals surface area contributed by atoms with E-state index in [1.807, 2.05) is 24.3 Å². The fourth-order valence-corrected chi connectivity index (χ4v) is 3.69. The number of hydrogen-bond donors (Lipinski definition) is 1. The molecule has 6 heteroatoms. The van der Waals surface area contributed by atoms with Crippen molar-refractivity contribution in [1.82, 2.24) is 9.80 Å². The number of morpholine rings is 2. The molecule has 0 aliphatic carbocycles. The summed E-state index contributed by atoms with van der Waals surface area (Å²) in [4.78, 5) is 16.0. The molecule has 0 amide bonds. The minimum atomic E-state index is 0.221. The van der Waals surface area contributed by atoms with E-state index in [0.29, 0.717) is 12.1 Å². The van der Waals surface area contributed by atoms with Gasteiger partial charge in [0.2, 0.25) is 0 Å². The number of nitrogens with one attached hydrogen (secondary N) is 1. The summed E-state index contributed by atoms with van der Waals surface area (Å²) in [6.45, 7) is 7.76. The largest absolute Gasteiger partial charge is 0.385 e. The van der Waals surface area contributed by atoms with Gasteiger partial charge < -0.3 is 10.1 Å². The molecule has 6 nitrogen and oxygen atoms in total. The van der Waals surface area contributed by atoms with Gasteiger partial charge in [-0.15, -0.1) is 0 Å². The molecule has 134 valence electrons. The number of anilines is 1. The first-order valence-electron chi connectivity index (χ1n) is 8.96. The van der Waals surface area contributed by atoms with Gasteiger partial charge in [-0.05, 0) is 37.6 Å². The SMILES string of the molecule is CC(=O)CN1CC2CN(CCCNc3ccc(C#N)cc3)CC(C1)O2. The topological polar surface area (TPSA) is 68.6 Å². The van der Waals surface area contributed by atoms with Gasteiger partial charge in [-0.25, -0.2) is 0 Å². The quantitative estimate of drug-likeness (QED) is 0.754. The highest BCUT2D eigenvalue weighted by Crippen LogP contribution is 2.19. The number of rotatable bonds is 7. The second kappa shape index (κ2) is 8.43. The molecule has 2 fully saturated rings. The molecule has 2 aliphatic rings. The monoisotopic (exact) mass is 342 g/mol. The standard InChI is InChI=1S/C19H26N4O2/c1-15(24)10-23-13-18-11-22(12-19(14-23)25-18)8-2-7-21-17-5-3-16(9-20)4-6-17/h3-6,18-19,21H,2,7-8,10-14H2,1H3. The molecule has 2 atom stereocenters. The lowest BCUT2D eigenvalue weighted by molar-refractivity contribution is -0.143. The second-order valence-corrected chi connectivity index (χ2v) is 7.01. The third-order valence-corrected chi connectivity index (χ3v) is 4.67. The first-order chi connectivity index (χ1) is 12.1. The molecule has 3 rings (SSSR count). The van der Waals surface area contributed by atoms with Crippen LogP contribution >= 0.6 is 0 Å². The van der Waals surface area contributed by atoms with Crippen molar-refractivity contribution in [2.24, 2.45) is 0 Å². The fourth-order valence-electron chi connectivity index (χ4n) is 3.69. The molecule has 0 aromatic heterocycles. The summed E-state index contributed by atoms with van der Waals surface area (Å²) < 4.78 is 6.03. The van der Waals surface area contributed by atoms with Crippen LogP contribution in [0.5, 0.6) is 0 Å². The van der Waals surface area contributed by atoms with Gasteiger partial charge in [0, 0.05) is 45.0 Å². The average Bonchev–Trinajstić information content (AvgIpc) is 2.58. The summed E-state index contributed by atoms with van der Waals surface area (Å²) in [5.41, 5.74) is 1.74. The fraction of sp³-hybridized carbons (Fsp3) is 0.579. The van der Waals surface area contributed by atoms with Crippen LogP contribution in [0.25, 0.3) is 0 Å². The van der Waals surface area contributed by atoms with Gasteiger partial charge in [-0.2, -0.15) is 5.26 Å². The Bertz CT molecular complexity index is 611. The van der Waals surface area contributed by atoms with Crippen LogP contribution in [-0.2, 0) is 9.53 Å². The average molecular weight is 342 g/mol. The lowest BCUT2D eigenvalue weighted by Crippen LogP contribution is -2.60. The molecular weight excluding hydrogens is 316 g/mol. The van der Waals surface area contributed by atoms with Gasteiger partial charge in [0.05, 0.1) is 30.4 Å². The van der Waals surface area contributed by atoms with Gasteiger partial charge in [-0.1, -0.05) is 0 Å². The molecule has 2 unspecified atom stereocenters. The minimum absolute atomic E-state index is 0.221. The summed E-state index contributed by atoms with van der Waals surface area (Å²) in [5, 5.41) is 12.2. The normalized spacial score (nSPS) is 23.8. The van der Waals surface area contributed by atoms with E-state index in [2.05, 4.69) is 21.2 Å². The first kappa shape index (κ1) is 17.9. The van der Waals surface area contributed by atoms with Crippen LogP contribution in [0.2, 0.25) is 0 Å². The molecule has 2 saturated heterocycles. The van der Waals surface area contributed by atoms with Gasteiger partial charge in [0.1, 0.15) is 5.78 Å². The van der Waals surface area contributed by atoms with Gasteiger partial charge in [-0.3, -0.25) is 14.6 Å². The van der Waals surface area contributed by atoms with Gasteiger partial charge in [0.25, 0.3) is 0 Å². The van der Waals surface area contributed by atoms with Crippen molar-refractivity contribution >= 4 is 11.5 Å². The molecule has 2 heterocycles. The molecule has 1 aromatic carbocycles. The summed E-state index contributed by atoms with van der Waals surface area (Å²) in [5.74, 6) is 0.228. The van der Waals surface area contributed by atoms with E-state index in [0.717, 1.165) is 51.4 Å². The number of hydrogen-bond acceptors (Lipinski definition) is 6. The Morgan fingerprint density at radius 2 is 1.84 bits per heavy atom.